The number of H-pyrrole nitrogens is 1. The van der Waals surface area contributed by atoms with E-state index in [2.05, 4.69) is 20.8 Å². The number of benzene rings is 1. The minimum Gasteiger partial charge on any atom is -0.348 e. The molecule has 6 nitrogen and oxygen atoms in total. The summed E-state index contributed by atoms with van der Waals surface area (Å²) in [5.74, 6) is 0.124. The predicted octanol–water partition coefficient (Wildman–Crippen LogP) is 2.51. The fraction of sp³-hybridized carbons (Fsp3) is 0.333. The van der Waals surface area contributed by atoms with Gasteiger partial charge in [-0.25, -0.2) is 15.3 Å². The zero-order valence-electron chi connectivity index (χ0n) is 12.2. The van der Waals surface area contributed by atoms with Crippen LogP contribution in [0.4, 0.5) is 4.79 Å². The molecular formula is C15H20N4O2. The van der Waals surface area contributed by atoms with Crippen LogP contribution in [0.2, 0.25) is 0 Å². The average molecular weight is 288 g/mol. The Morgan fingerprint density at radius 3 is 2.76 bits per heavy atom. The van der Waals surface area contributed by atoms with Crippen molar-refractivity contribution >= 4 is 6.03 Å². The van der Waals surface area contributed by atoms with Gasteiger partial charge in [0.1, 0.15) is 0 Å². The van der Waals surface area contributed by atoms with Gasteiger partial charge in [-0.05, 0) is 12.5 Å². The van der Waals surface area contributed by atoms with Crippen molar-refractivity contribution in [3.8, 4) is 0 Å². The van der Waals surface area contributed by atoms with Gasteiger partial charge in [-0.15, -0.1) is 0 Å². The first-order valence-electron chi connectivity index (χ1n) is 6.88. The minimum atomic E-state index is -0.358. The van der Waals surface area contributed by atoms with Crippen LogP contribution < -0.4 is 10.8 Å². The van der Waals surface area contributed by atoms with Crippen molar-refractivity contribution in [1.82, 2.24) is 20.8 Å². The largest absolute Gasteiger partial charge is 0.348 e. The van der Waals surface area contributed by atoms with E-state index in [1.165, 1.54) is 0 Å². The summed E-state index contributed by atoms with van der Waals surface area (Å²) in [4.78, 5) is 23.9. The van der Waals surface area contributed by atoms with Crippen molar-refractivity contribution in [2.75, 3.05) is 6.61 Å². The molecule has 112 valence electrons. The number of amides is 2. The number of carbonyl (C=O) groups is 1. The van der Waals surface area contributed by atoms with Crippen LogP contribution in [0, 0.1) is 0 Å². The number of aromatic nitrogens is 2. The summed E-state index contributed by atoms with van der Waals surface area (Å²) in [6.07, 6.45) is 3.36. The molecule has 2 amide bonds. The number of carbonyl (C=O) groups excluding carboxylic acids is 1. The van der Waals surface area contributed by atoms with Crippen LogP contribution in [0.5, 0.6) is 0 Å². The first-order valence-corrected chi connectivity index (χ1v) is 6.88. The molecule has 0 radical (unpaired) electrons. The molecule has 0 aliphatic rings. The zero-order chi connectivity index (χ0) is 15.1. The van der Waals surface area contributed by atoms with E-state index < -0.39 is 0 Å². The smallest absolute Gasteiger partial charge is 0.339 e. The second-order valence-electron chi connectivity index (χ2n) is 4.93. The molecule has 2 rings (SSSR count). The lowest BCUT2D eigenvalue weighted by atomic mass is 10.1. The van der Waals surface area contributed by atoms with E-state index in [0.717, 1.165) is 11.3 Å². The van der Waals surface area contributed by atoms with Crippen molar-refractivity contribution in [2.24, 2.45) is 0 Å². The van der Waals surface area contributed by atoms with E-state index in [0.29, 0.717) is 6.61 Å². The Hall–Kier alpha value is -2.34. The predicted molar refractivity (Wildman–Crippen MR) is 79.5 cm³/mol. The maximum atomic E-state index is 11.7. The zero-order valence-corrected chi connectivity index (χ0v) is 12.2. The Balaban J connectivity index is 1.70. The number of nitrogens with zero attached hydrogens (tertiary/aromatic N) is 1. The molecule has 3 N–H and O–H groups in total. The Kier molecular flexibility index (Phi) is 5.34. The number of aromatic amines is 1. The molecule has 1 aromatic carbocycles. The second-order valence-corrected chi connectivity index (χ2v) is 4.93. The number of hydrogen-bond donors (Lipinski definition) is 3. The molecule has 1 heterocycles. The number of urea groups is 1. The van der Waals surface area contributed by atoms with Gasteiger partial charge >= 0.3 is 6.03 Å². The second kappa shape index (κ2) is 7.44. The Morgan fingerprint density at radius 1 is 1.33 bits per heavy atom. The van der Waals surface area contributed by atoms with Crippen LogP contribution in [-0.2, 0) is 4.84 Å². The quantitative estimate of drug-likeness (QED) is 0.715. The SMILES string of the molecule is CC(CONC(=O)NC(C)c1ccccc1)c1cnc[nH]1. The van der Waals surface area contributed by atoms with E-state index in [9.17, 15) is 4.79 Å². The van der Waals surface area contributed by atoms with Crippen LogP contribution in [0.25, 0.3) is 0 Å². The highest BCUT2D eigenvalue weighted by Crippen LogP contribution is 2.11. The monoisotopic (exact) mass is 288 g/mol. The van der Waals surface area contributed by atoms with Gasteiger partial charge in [0.25, 0.3) is 0 Å². The molecule has 2 unspecified atom stereocenters. The first kappa shape index (κ1) is 15.1. The van der Waals surface area contributed by atoms with Gasteiger partial charge in [-0.3, -0.25) is 4.84 Å². The molecule has 0 fully saturated rings. The number of hydrogen-bond acceptors (Lipinski definition) is 3. The highest BCUT2D eigenvalue weighted by atomic mass is 16.7. The number of imidazole rings is 1. The third-order valence-corrected chi connectivity index (χ3v) is 3.20. The molecule has 2 aromatic rings. The number of nitrogens with one attached hydrogen (secondary N) is 3. The van der Waals surface area contributed by atoms with Crippen molar-refractivity contribution in [3.63, 3.8) is 0 Å². The van der Waals surface area contributed by atoms with Crippen molar-refractivity contribution in [2.45, 2.75) is 25.8 Å². The summed E-state index contributed by atoms with van der Waals surface area (Å²) < 4.78 is 0. The molecule has 0 spiro atoms. The van der Waals surface area contributed by atoms with Crippen LogP contribution in [-0.4, -0.2) is 22.6 Å². The molecule has 0 saturated heterocycles. The maximum Gasteiger partial charge on any atom is 0.339 e. The van der Waals surface area contributed by atoms with Crippen LogP contribution in [0.1, 0.15) is 37.1 Å². The average Bonchev–Trinajstić information content (AvgIpc) is 3.02. The summed E-state index contributed by atoms with van der Waals surface area (Å²) in [6.45, 7) is 4.27. The van der Waals surface area contributed by atoms with Crippen LogP contribution in [0.15, 0.2) is 42.9 Å². The molecule has 0 aliphatic carbocycles. The van der Waals surface area contributed by atoms with E-state index in [4.69, 9.17) is 4.84 Å². The fourth-order valence-electron chi connectivity index (χ4n) is 1.91. The summed E-state index contributed by atoms with van der Waals surface area (Å²) in [6, 6.07) is 9.30. The lowest BCUT2D eigenvalue weighted by Crippen LogP contribution is -2.37. The summed E-state index contributed by atoms with van der Waals surface area (Å²) in [5.41, 5.74) is 4.40. The molecule has 2 atom stereocenters. The maximum absolute atomic E-state index is 11.7. The summed E-state index contributed by atoms with van der Waals surface area (Å²) in [5, 5.41) is 2.81. The lowest BCUT2D eigenvalue weighted by molar-refractivity contribution is 0.0524. The van der Waals surface area contributed by atoms with Crippen molar-refractivity contribution < 1.29 is 9.63 Å². The Bertz CT molecular complexity index is 542. The summed E-state index contributed by atoms with van der Waals surface area (Å²) in [7, 11) is 0. The van der Waals surface area contributed by atoms with Gasteiger partial charge in [0, 0.05) is 17.8 Å². The minimum absolute atomic E-state index is 0.0835. The van der Waals surface area contributed by atoms with E-state index in [1.54, 1.807) is 12.5 Å². The van der Waals surface area contributed by atoms with Crippen LogP contribution in [0.3, 0.4) is 0 Å². The van der Waals surface area contributed by atoms with E-state index >= 15 is 0 Å². The van der Waals surface area contributed by atoms with Gasteiger partial charge in [0.05, 0.1) is 19.0 Å². The standard InChI is InChI=1S/C15H20N4O2/c1-11(14-8-16-10-17-14)9-21-19-15(20)18-12(2)13-6-4-3-5-7-13/h3-8,10-12H,9H2,1-2H3,(H,16,17)(H2,18,19,20). The van der Waals surface area contributed by atoms with Gasteiger partial charge in [0.15, 0.2) is 0 Å². The van der Waals surface area contributed by atoms with E-state index in [1.807, 2.05) is 44.2 Å². The van der Waals surface area contributed by atoms with E-state index in [-0.39, 0.29) is 18.0 Å². The Labute approximate surface area is 123 Å². The highest BCUT2D eigenvalue weighted by molar-refractivity contribution is 5.73. The molecule has 1 aromatic heterocycles. The lowest BCUT2D eigenvalue weighted by Gasteiger charge is -2.15. The normalized spacial score (nSPS) is 13.4. The third kappa shape index (κ3) is 4.61. The van der Waals surface area contributed by atoms with Crippen LogP contribution >= 0.6 is 0 Å². The molecule has 0 aliphatic heterocycles. The Morgan fingerprint density at radius 2 is 2.10 bits per heavy atom. The summed E-state index contributed by atoms with van der Waals surface area (Å²) >= 11 is 0. The third-order valence-electron chi connectivity index (χ3n) is 3.20. The molecule has 6 heteroatoms. The first-order chi connectivity index (χ1) is 10.2. The van der Waals surface area contributed by atoms with Gasteiger partial charge in [-0.1, -0.05) is 37.3 Å². The topological polar surface area (TPSA) is 79.0 Å². The van der Waals surface area contributed by atoms with Gasteiger partial charge in [-0.2, -0.15) is 0 Å². The molecular weight excluding hydrogens is 268 g/mol. The van der Waals surface area contributed by atoms with Crippen molar-refractivity contribution in [3.05, 3.63) is 54.1 Å². The molecule has 0 saturated carbocycles. The molecule has 21 heavy (non-hydrogen) atoms. The van der Waals surface area contributed by atoms with Crippen molar-refractivity contribution in [1.29, 1.82) is 0 Å². The number of hydroxylamine groups is 1. The van der Waals surface area contributed by atoms with Gasteiger partial charge in [0.2, 0.25) is 0 Å². The van der Waals surface area contributed by atoms with Gasteiger partial charge < -0.3 is 10.3 Å². The number of rotatable bonds is 6. The highest BCUT2D eigenvalue weighted by Gasteiger charge is 2.11. The molecule has 0 bridgehead atoms. The fourth-order valence-corrected chi connectivity index (χ4v) is 1.91.